The Bertz CT molecular complexity index is 983. The van der Waals surface area contributed by atoms with Crippen LogP contribution in [0.25, 0.3) is 0 Å². The molecule has 0 spiro atoms. The zero-order valence-corrected chi connectivity index (χ0v) is 34.0. The van der Waals surface area contributed by atoms with E-state index in [2.05, 4.69) is 48.1 Å². The molecule has 0 aromatic rings. The maximum absolute atomic E-state index is 12.0. The fraction of sp³-hybridized carbons (Fsp3) is 0.950. The monoisotopic (exact) mass is 707 g/mol. The van der Waals surface area contributed by atoms with E-state index in [0.29, 0.717) is 12.0 Å². The minimum atomic E-state index is -0.397. The lowest BCUT2D eigenvalue weighted by molar-refractivity contribution is -0.0112. The molecule has 2 amide bonds. The van der Waals surface area contributed by atoms with Crippen LogP contribution in [0.2, 0.25) is 0 Å². The Labute approximate surface area is 307 Å². The van der Waals surface area contributed by atoms with Crippen molar-refractivity contribution in [1.29, 1.82) is 0 Å². The third-order valence-electron chi connectivity index (χ3n) is 10.8. The molecule has 0 aromatic heterocycles. The SMILES string of the molecule is C[C@@H]1CCCN(C(=O)OC(C)(C)C)C1.C[C@@H]1CCCNC1.C[C@H]1CN(C(=O)OC(C)(C)C)CCN1C1CCC1.C[C@H]1CNCCN1C1CCC1. The molecule has 10 nitrogen and oxygen atoms in total. The van der Waals surface area contributed by atoms with Crippen LogP contribution in [0.15, 0.2) is 0 Å². The summed E-state index contributed by atoms with van der Waals surface area (Å²) < 4.78 is 10.7. The van der Waals surface area contributed by atoms with Crippen LogP contribution >= 0.6 is 0 Å². The molecule has 6 rings (SSSR count). The van der Waals surface area contributed by atoms with Gasteiger partial charge >= 0.3 is 12.2 Å². The van der Waals surface area contributed by atoms with Crippen molar-refractivity contribution >= 4 is 12.2 Å². The smallest absolute Gasteiger partial charge is 0.410 e. The van der Waals surface area contributed by atoms with Gasteiger partial charge in [-0.25, -0.2) is 9.59 Å². The first-order chi connectivity index (χ1) is 23.5. The van der Waals surface area contributed by atoms with E-state index < -0.39 is 5.60 Å². The van der Waals surface area contributed by atoms with E-state index in [9.17, 15) is 9.59 Å². The third-order valence-corrected chi connectivity index (χ3v) is 10.8. The maximum atomic E-state index is 12.0. The maximum Gasteiger partial charge on any atom is 0.410 e. The Morgan fingerprint density at radius 3 is 1.46 bits per heavy atom. The van der Waals surface area contributed by atoms with Crippen molar-refractivity contribution in [3.05, 3.63) is 0 Å². The van der Waals surface area contributed by atoms with Crippen LogP contribution in [-0.2, 0) is 9.47 Å². The second-order valence-corrected chi connectivity index (χ2v) is 18.1. The molecule has 6 fully saturated rings. The minimum absolute atomic E-state index is 0.163. The number of nitrogens with one attached hydrogen (secondary N) is 2. The number of carbonyl (C=O) groups is 2. The Morgan fingerprint density at radius 1 is 0.540 bits per heavy atom. The molecule has 2 aliphatic carbocycles. The van der Waals surface area contributed by atoms with E-state index in [0.717, 1.165) is 63.2 Å². The quantitative estimate of drug-likeness (QED) is 0.319. The van der Waals surface area contributed by atoms with Crippen LogP contribution in [0.1, 0.15) is 133 Å². The van der Waals surface area contributed by atoms with Gasteiger partial charge in [-0.15, -0.1) is 0 Å². The first kappa shape index (κ1) is 42.8. The summed E-state index contributed by atoms with van der Waals surface area (Å²) in [6.07, 6.45) is 13.2. The van der Waals surface area contributed by atoms with Crippen LogP contribution in [0.4, 0.5) is 9.59 Å². The lowest BCUT2D eigenvalue weighted by atomic mass is 9.90. The number of nitrogens with zero attached hydrogens (tertiary/aromatic N) is 4. The Morgan fingerprint density at radius 2 is 1.06 bits per heavy atom. The molecule has 10 heteroatoms. The minimum Gasteiger partial charge on any atom is -0.444 e. The van der Waals surface area contributed by atoms with Crippen molar-refractivity contribution in [2.24, 2.45) is 11.8 Å². The summed E-state index contributed by atoms with van der Waals surface area (Å²) in [5.41, 5.74) is -0.775. The van der Waals surface area contributed by atoms with Gasteiger partial charge in [0.05, 0.1) is 0 Å². The van der Waals surface area contributed by atoms with Gasteiger partial charge in [-0.05, 0) is 132 Å². The Hall–Kier alpha value is -1.62. The number of amides is 2. The summed E-state index contributed by atoms with van der Waals surface area (Å²) in [4.78, 5) is 32.6. The predicted octanol–water partition coefficient (Wildman–Crippen LogP) is 6.97. The van der Waals surface area contributed by atoms with Gasteiger partial charge in [-0.1, -0.05) is 26.7 Å². The average Bonchev–Trinajstić information content (AvgIpc) is 2.97. The zero-order chi connectivity index (χ0) is 36.9. The number of hydrogen-bond acceptors (Lipinski definition) is 8. The van der Waals surface area contributed by atoms with E-state index in [4.69, 9.17) is 9.47 Å². The van der Waals surface area contributed by atoms with Crippen molar-refractivity contribution in [1.82, 2.24) is 30.2 Å². The molecule has 292 valence electrons. The van der Waals surface area contributed by atoms with Gasteiger partial charge < -0.3 is 29.9 Å². The Balaban J connectivity index is 0.000000189. The molecule has 2 N–H and O–H groups in total. The number of carbonyl (C=O) groups excluding carboxylic acids is 2. The summed E-state index contributed by atoms with van der Waals surface area (Å²) in [5, 5.41) is 6.76. The highest BCUT2D eigenvalue weighted by Crippen LogP contribution is 2.29. The van der Waals surface area contributed by atoms with Gasteiger partial charge in [0.1, 0.15) is 11.2 Å². The number of ether oxygens (including phenoxy) is 2. The van der Waals surface area contributed by atoms with Gasteiger partial charge in [0.2, 0.25) is 0 Å². The van der Waals surface area contributed by atoms with Gasteiger partial charge in [-0.2, -0.15) is 0 Å². The standard InChI is InChI=1S/C14H26N2O2.C11H21NO2.C9H18N2.C6H13N/c1-11-10-15(13(17)18-14(2,3)4)8-9-16(11)12-6-5-7-12;1-9-6-5-7-12(8-9)10(13)14-11(2,3)4;1-8-7-10-5-6-11(8)9-3-2-4-9;1-6-3-2-4-7-5-6/h11-12H,5-10H2,1-4H3;9H,5-8H2,1-4H3;8-10H,2-7H2,1H3;6-7H,2-5H2,1H3/t11-;9-;8-;6-/m0101/s1. The van der Waals surface area contributed by atoms with E-state index >= 15 is 0 Å². The van der Waals surface area contributed by atoms with Crippen molar-refractivity contribution in [3.8, 4) is 0 Å². The molecule has 2 saturated carbocycles. The van der Waals surface area contributed by atoms with Gasteiger partial charge in [0, 0.05) is 76.5 Å². The number of likely N-dealkylation sites (tertiary alicyclic amines) is 1. The largest absolute Gasteiger partial charge is 0.444 e. The van der Waals surface area contributed by atoms with Gasteiger partial charge in [0.15, 0.2) is 0 Å². The second kappa shape index (κ2) is 20.6. The molecule has 0 radical (unpaired) electrons. The molecule has 6 aliphatic rings. The molecule has 0 bridgehead atoms. The molecule has 50 heavy (non-hydrogen) atoms. The first-order valence-corrected chi connectivity index (χ1v) is 20.4. The highest BCUT2D eigenvalue weighted by Gasteiger charge is 2.35. The summed E-state index contributed by atoms with van der Waals surface area (Å²) >= 11 is 0. The zero-order valence-electron chi connectivity index (χ0n) is 34.0. The lowest BCUT2D eigenvalue weighted by Crippen LogP contribution is -2.58. The molecular formula is C40H78N6O4. The number of piperidine rings is 2. The van der Waals surface area contributed by atoms with Crippen LogP contribution in [-0.4, -0.2) is 133 Å². The number of rotatable bonds is 2. The van der Waals surface area contributed by atoms with Crippen LogP contribution < -0.4 is 10.6 Å². The van der Waals surface area contributed by atoms with Crippen LogP contribution in [0.5, 0.6) is 0 Å². The normalized spacial score (nSPS) is 28.6. The lowest BCUT2D eigenvalue weighted by Gasteiger charge is -2.46. The van der Waals surface area contributed by atoms with E-state index in [1.54, 1.807) is 0 Å². The van der Waals surface area contributed by atoms with Crippen LogP contribution in [0.3, 0.4) is 0 Å². The molecule has 0 aromatic carbocycles. The Kier molecular flexibility index (Phi) is 17.6. The van der Waals surface area contributed by atoms with E-state index in [1.165, 1.54) is 90.5 Å². The molecule has 4 aliphatic heterocycles. The van der Waals surface area contributed by atoms with Crippen molar-refractivity contribution in [3.63, 3.8) is 0 Å². The highest BCUT2D eigenvalue weighted by atomic mass is 16.6. The van der Waals surface area contributed by atoms with Crippen LogP contribution in [0, 0.1) is 11.8 Å². The fourth-order valence-electron chi connectivity index (χ4n) is 7.55. The summed E-state index contributed by atoms with van der Waals surface area (Å²) in [5.74, 6) is 1.53. The number of piperazine rings is 2. The average molecular weight is 707 g/mol. The first-order valence-electron chi connectivity index (χ1n) is 20.4. The van der Waals surface area contributed by atoms with Crippen molar-refractivity contribution < 1.29 is 19.1 Å². The number of hydrogen-bond donors (Lipinski definition) is 2. The third kappa shape index (κ3) is 15.5. The van der Waals surface area contributed by atoms with Crippen molar-refractivity contribution in [2.45, 2.75) is 169 Å². The van der Waals surface area contributed by atoms with E-state index in [1.807, 2.05) is 51.3 Å². The predicted molar refractivity (Wildman–Crippen MR) is 206 cm³/mol. The summed E-state index contributed by atoms with van der Waals surface area (Å²) in [6, 6.07) is 2.93. The van der Waals surface area contributed by atoms with Gasteiger partial charge in [0.25, 0.3) is 0 Å². The molecular weight excluding hydrogens is 628 g/mol. The highest BCUT2D eigenvalue weighted by molar-refractivity contribution is 5.68. The molecule has 4 atom stereocenters. The van der Waals surface area contributed by atoms with Gasteiger partial charge in [-0.3, -0.25) is 9.80 Å². The second-order valence-electron chi connectivity index (χ2n) is 18.1. The molecule has 4 heterocycles. The topological polar surface area (TPSA) is 89.6 Å². The fourth-order valence-corrected chi connectivity index (χ4v) is 7.55. The van der Waals surface area contributed by atoms with E-state index in [-0.39, 0.29) is 17.8 Å². The summed E-state index contributed by atoms with van der Waals surface area (Å²) in [7, 11) is 0. The van der Waals surface area contributed by atoms with Crippen molar-refractivity contribution in [2.75, 3.05) is 65.4 Å². The summed E-state index contributed by atoms with van der Waals surface area (Å²) in [6.45, 7) is 30.9. The molecule has 4 saturated heterocycles. The molecule has 0 unspecified atom stereocenters.